The van der Waals surface area contributed by atoms with Gasteiger partial charge >= 0.3 is 5.88 Å². The minimum Gasteiger partial charge on any atom is -0.622 e. The lowest BCUT2D eigenvalue weighted by molar-refractivity contribution is -0.521. The molecule has 0 bridgehead atoms. The lowest BCUT2D eigenvalue weighted by atomic mass is 10.1. The second-order valence-electron chi connectivity index (χ2n) is 5.26. The molecule has 1 fully saturated rings. The first kappa shape index (κ1) is 16.5. The van der Waals surface area contributed by atoms with Crippen LogP contribution in [0.3, 0.4) is 0 Å². The van der Waals surface area contributed by atoms with E-state index in [1.807, 2.05) is 13.8 Å². The van der Waals surface area contributed by atoms with Crippen LogP contribution in [0, 0.1) is 15.3 Å². The van der Waals surface area contributed by atoms with Crippen LogP contribution in [0.25, 0.3) is 6.08 Å². The largest absolute Gasteiger partial charge is 0.622 e. The van der Waals surface area contributed by atoms with E-state index in [0.717, 1.165) is 4.74 Å². The first-order valence-electron chi connectivity index (χ1n) is 6.39. The van der Waals surface area contributed by atoms with Gasteiger partial charge in [-0.05, 0) is 26.0 Å². The highest BCUT2D eigenvalue weighted by molar-refractivity contribution is 8.24. The zero-order valence-corrected chi connectivity index (χ0v) is 13.9. The number of hydrogen-bond acceptors (Lipinski definition) is 6. The smallest absolute Gasteiger partial charge is 0.433 e. The number of hydrogen-bond donors (Lipinski definition) is 0. The van der Waals surface area contributed by atoms with Gasteiger partial charge in [0.2, 0.25) is 0 Å². The Labute approximate surface area is 137 Å². The number of furan rings is 1. The van der Waals surface area contributed by atoms with Gasteiger partial charge in [0.1, 0.15) is 19.8 Å². The zero-order valence-electron chi connectivity index (χ0n) is 12.3. The van der Waals surface area contributed by atoms with E-state index in [1.165, 1.54) is 42.3 Å². The van der Waals surface area contributed by atoms with Crippen LogP contribution < -0.4 is 0 Å². The lowest BCUT2D eigenvalue weighted by Gasteiger charge is -2.26. The summed E-state index contributed by atoms with van der Waals surface area (Å²) in [7, 11) is 1.78. The summed E-state index contributed by atoms with van der Waals surface area (Å²) in [6, 6.07) is 2.73. The highest BCUT2D eigenvalue weighted by atomic mass is 32.2. The van der Waals surface area contributed by atoms with Crippen LogP contribution in [0.5, 0.6) is 0 Å². The molecule has 9 heteroatoms. The molecule has 1 aliphatic heterocycles. The van der Waals surface area contributed by atoms with E-state index >= 15 is 0 Å². The van der Waals surface area contributed by atoms with Gasteiger partial charge < -0.3 is 14.5 Å². The summed E-state index contributed by atoms with van der Waals surface area (Å²) in [5.41, 5.74) is 0. The van der Waals surface area contributed by atoms with Crippen molar-refractivity contribution in [3.8, 4) is 0 Å². The van der Waals surface area contributed by atoms with E-state index in [0.29, 0.717) is 10.1 Å². The predicted octanol–water partition coefficient (Wildman–Crippen LogP) is 2.85. The van der Waals surface area contributed by atoms with E-state index in [2.05, 4.69) is 0 Å². The number of rotatable bonds is 4. The molecule has 1 aliphatic rings. The van der Waals surface area contributed by atoms with Crippen molar-refractivity contribution in [1.82, 2.24) is 4.90 Å². The molecular weight excluding hydrogens is 326 g/mol. The molecule has 2 heterocycles. The zero-order chi connectivity index (χ0) is 16.5. The van der Waals surface area contributed by atoms with E-state index < -0.39 is 11.1 Å². The number of thioether (sulfide) groups is 1. The molecule has 0 radical (unpaired) electrons. The van der Waals surface area contributed by atoms with Crippen molar-refractivity contribution >= 4 is 46.5 Å². The second kappa shape index (κ2) is 6.09. The first-order valence-corrected chi connectivity index (χ1v) is 7.62. The molecule has 1 aromatic rings. The monoisotopic (exact) mass is 341 g/mol. The van der Waals surface area contributed by atoms with E-state index in [-0.39, 0.29) is 10.6 Å². The van der Waals surface area contributed by atoms with Crippen molar-refractivity contribution in [1.29, 1.82) is 0 Å². The summed E-state index contributed by atoms with van der Waals surface area (Å²) in [5.74, 6) is -0.0303. The fraction of sp³-hybridized carbons (Fsp3) is 0.385. The van der Waals surface area contributed by atoms with Gasteiger partial charge in [-0.2, -0.15) is 4.74 Å². The molecule has 0 N–H and O–H groups in total. The molecule has 0 aliphatic carbocycles. The molecule has 7 nitrogen and oxygen atoms in total. The van der Waals surface area contributed by atoms with Gasteiger partial charge in [-0.25, -0.2) is 0 Å². The molecule has 1 unspecified atom stereocenters. The van der Waals surface area contributed by atoms with E-state index in [4.69, 9.17) is 16.6 Å². The Kier molecular flexibility index (Phi) is 4.57. The van der Waals surface area contributed by atoms with Gasteiger partial charge in [0.15, 0.2) is 6.21 Å². The highest BCUT2D eigenvalue weighted by Gasteiger charge is 2.48. The maximum Gasteiger partial charge on any atom is 0.433 e. The fourth-order valence-electron chi connectivity index (χ4n) is 2.23. The SMILES string of the molecule is CN1C(=S)SC(C)(C)C1[N+]([O-])=CC=Cc1ccc([N+](=O)[O-])o1. The van der Waals surface area contributed by atoms with Gasteiger partial charge in [-0.15, -0.1) is 0 Å². The third-order valence-corrected chi connectivity index (χ3v) is 4.89. The topological polar surface area (TPSA) is 85.6 Å². The maximum atomic E-state index is 12.3. The van der Waals surface area contributed by atoms with Gasteiger partial charge in [-0.1, -0.05) is 24.0 Å². The lowest BCUT2D eigenvalue weighted by Crippen LogP contribution is -2.45. The number of nitrogens with zero attached hydrogens (tertiary/aromatic N) is 3. The summed E-state index contributed by atoms with van der Waals surface area (Å²) in [4.78, 5) is 11.7. The molecule has 1 saturated heterocycles. The number of hydroxylamine groups is 1. The molecular formula is C13H15N3O4S2. The molecule has 22 heavy (non-hydrogen) atoms. The molecule has 0 aromatic carbocycles. The molecule has 2 rings (SSSR count). The van der Waals surface area contributed by atoms with E-state index in [1.54, 1.807) is 11.9 Å². The van der Waals surface area contributed by atoms with Crippen LogP contribution in [0.15, 0.2) is 22.6 Å². The molecule has 0 spiro atoms. The van der Waals surface area contributed by atoms with Crippen molar-refractivity contribution in [3.63, 3.8) is 0 Å². The molecule has 0 amide bonds. The van der Waals surface area contributed by atoms with Crippen LogP contribution in [0.4, 0.5) is 5.88 Å². The van der Waals surface area contributed by atoms with Crippen LogP contribution in [0.1, 0.15) is 19.6 Å². The Morgan fingerprint density at radius 1 is 1.45 bits per heavy atom. The number of thiocarbonyl (C=S) groups is 1. The standard InChI is InChI=1S/C13H15N3O4S2/c1-13(2)11(14(3)12(21)22-13)15(17)8-4-5-9-6-7-10(20-9)16(18)19/h4-8,11H,1-3H3. The summed E-state index contributed by atoms with van der Waals surface area (Å²) in [5, 5.41) is 22.8. The Balaban J connectivity index is 2.13. The van der Waals surface area contributed by atoms with Gasteiger partial charge in [0.05, 0.1) is 6.07 Å². The van der Waals surface area contributed by atoms with Crippen LogP contribution >= 0.6 is 24.0 Å². The Morgan fingerprint density at radius 2 is 2.14 bits per heavy atom. The Bertz CT molecular complexity index is 666. The fourth-order valence-corrected chi connectivity index (χ4v) is 4.03. The highest BCUT2D eigenvalue weighted by Crippen LogP contribution is 2.40. The average molecular weight is 341 g/mol. The number of nitro groups is 1. The molecule has 1 aromatic heterocycles. The average Bonchev–Trinajstić information content (AvgIpc) is 2.93. The molecule has 1 atom stereocenters. The van der Waals surface area contributed by atoms with Crippen LogP contribution in [-0.2, 0) is 0 Å². The summed E-state index contributed by atoms with van der Waals surface area (Å²) in [6.45, 7) is 3.91. The molecule has 0 saturated carbocycles. The quantitative estimate of drug-likeness (QED) is 0.208. The summed E-state index contributed by atoms with van der Waals surface area (Å²) < 4.78 is 6.13. The third-order valence-electron chi connectivity index (χ3n) is 3.15. The van der Waals surface area contributed by atoms with Crippen LogP contribution in [-0.4, -0.2) is 43.1 Å². The summed E-state index contributed by atoms with van der Waals surface area (Å²) in [6.07, 6.45) is 3.92. The Morgan fingerprint density at radius 3 is 2.64 bits per heavy atom. The molecule has 118 valence electrons. The summed E-state index contributed by atoms with van der Waals surface area (Å²) >= 11 is 6.70. The Hall–Kier alpha value is -1.87. The normalized spacial score (nSPS) is 21.8. The number of allylic oxidation sites excluding steroid dienone is 1. The second-order valence-corrected chi connectivity index (χ2v) is 7.55. The van der Waals surface area contributed by atoms with Crippen molar-refractivity contribution < 1.29 is 14.1 Å². The van der Waals surface area contributed by atoms with E-state index in [9.17, 15) is 15.3 Å². The van der Waals surface area contributed by atoms with Crippen molar-refractivity contribution in [2.75, 3.05) is 7.05 Å². The van der Waals surface area contributed by atoms with Gasteiger partial charge in [-0.3, -0.25) is 10.1 Å². The maximum absolute atomic E-state index is 12.3. The van der Waals surface area contributed by atoms with Gasteiger partial charge in [0, 0.05) is 13.1 Å². The van der Waals surface area contributed by atoms with Gasteiger partial charge in [0.25, 0.3) is 6.17 Å². The minimum absolute atomic E-state index is 0.306. The predicted molar refractivity (Wildman–Crippen MR) is 89.9 cm³/mol. The van der Waals surface area contributed by atoms with Crippen molar-refractivity contribution in [3.05, 3.63) is 39.3 Å². The third kappa shape index (κ3) is 3.30. The first-order chi connectivity index (χ1) is 10.2. The van der Waals surface area contributed by atoms with Crippen molar-refractivity contribution in [2.24, 2.45) is 0 Å². The minimum atomic E-state index is -0.616. The van der Waals surface area contributed by atoms with Crippen molar-refractivity contribution in [2.45, 2.75) is 24.8 Å². The van der Waals surface area contributed by atoms with Crippen LogP contribution in [0.2, 0.25) is 0 Å².